The minimum Gasteiger partial charge on any atom is -0.444 e. The maximum absolute atomic E-state index is 12.7. The molecule has 3 rings (SSSR count). The minimum absolute atomic E-state index is 0.0299. The fraction of sp³-hybridized carbons (Fsp3) is 0.450. The summed E-state index contributed by atoms with van der Waals surface area (Å²) < 4.78 is 43.6. The van der Waals surface area contributed by atoms with Gasteiger partial charge < -0.3 is 15.0 Å². The summed E-state index contributed by atoms with van der Waals surface area (Å²) in [6, 6.07) is 7.36. The van der Waals surface area contributed by atoms with E-state index in [4.69, 9.17) is 16.3 Å². The van der Waals surface area contributed by atoms with Gasteiger partial charge in [0.25, 0.3) is 0 Å². The summed E-state index contributed by atoms with van der Waals surface area (Å²) in [6.45, 7) is 6.68. The summed E-state index contributed by atoms with van der Waals surface area (Å²) in [5.74, 6) is 0.154. The van der Waals surface area contributed by atoms with Gasteiger partial charge in [-0.3, -0.25) is 0 Å². The summed E-state index contributed by atoms with van der Waals surface area (Å²) in [4.78, 5) is 21.2. The Morgan fingerprint density at radius 3 is 2.47 bits per heavy atom. The first-order chi connectivity index (χ1) is 13.9. The van der Waals surface area contributed by atoms with E-state index in [0.29, 0.717) is 25.0 Å². The fourth-order valence-electron chi connectivity index (χ4n) is 3.10. The largest absolute Gasteiger partial charge is 0.444 e. The van der Waals surface area contributed by atoms with Gasteiger partial charge in [-0.25, -0.2) is 14.8 Å². The van der Waals surface area contributed by atoms with E-state index >= 15 is 0 Å². The smallest absolute Gasteiger partial charge is 0.420 e. The van der Waals surface area contributed by atoms with Crippen molar-refractivity contribution in [3.63, 3.8) is 0 Å². The highest BCUT2D eigenvalue weighted by atomic mass is 35.5. The second-order valence-corrected chi connectivity index (χ2v) is 8.41. The molecular formula is C20H22ClF3N4O2. The number of amides is 1. The first-order valence-electron chi connectivity index (χ1n) is 9.37. The van der Waals surface area contributed by atoms with Gasteiger partial charge in [0.2, 0.25) is 5.95 Å². The molecule has 1 amide bonds. The van der Waals surface area contributed by atoms with Crippen LogP contribution in [0.2, 0.25) is 5.15 Å². The van der Waals surface area contributed by atoms with Crippen LogP contribution in [0.1, 0.15) is 44.2 Å². The van der Waals surface area contributed by atoms with E-state index in [1.807, 2.05) is 32.9 Å². The highest BCUT2D eigenvalue weighted by Crippen LogP contribution is 2.34. The second kappa shape index (κ2) is 8.29. The van der Waals surface area contributed by atoms with Crippen LogP contribution in [-0.2, 0) is 10.9 Å². The van der Waals surface area contributed by atoms with Crippen LogP contribution < -0.4 is 5.32 Å². The number of ether oxygens (including phenoxy) is 1. The Hall–Kier alpha value is -2.55. The standard InChI is InChI=1S/C20H22ClF3N4O2/c1-19(2,3)30-18(29)28-9-8-13(11-28)12-4-6-14(7-5-12)26-17-25-10-15(16(21)27-17)20(22,23)24/h4-7,10,13H,8-9,11H2,1-3H3,(H,25,26,27). The van der Waals surface area contributed by atoms with E-state index in [2.05, 4.69) is 15.3 Å². The predicted octanol–water partition coefficient (Wildman–Crippen LogP) is 5.62. The summed E-state index contributed by atoms with van der Waals surface area (Å²) in [5, 5.41) is 2.17. The molecule has 0 spiro atoms. The first kappa shape index (κ1) is 22.1. The average Bonchev–Trinajstić information content (AvgIpc) is 3.10. The summed E-state index contributed by atoms with van der Waals surface area (Å²) in [7, 11) is 0. The molecule has 1 N–H and O–H groups in total. The lowest BCUT2D eigenvalue weighted by atomic mass is 9.98. The molecular weight excluding hydrogens is 421 g/mol. The Balaban J connectivity index is 1.62. The predicted molar refractivity (Wildman–Crippen MR) is 107 cm³/mol. The number of carbonyl (C=O) groups excluding carboxylic acids is 1. The average molecular weight is 443 g/mol. The van der Waals surface area contributed by atoms with Crippen molar-refractivity contribution >= 4 is 29.3 Å². The Labute approximate surface area is 177 Å². The highest BCUT2D eigenvalue weighted by Gasteiger charge is 2.35. The molecule has 0 bridgehead atoms. The number of nitrogens with one attached hydrogen (secondary N) is 1. The normalized spacial score (nSPS) is 17.2. The molecule has 1 aromatic carbocycles. The molecule has 1 aliphatic rings. The zero-order valence-corrected chi connectivity index (χ0v) is 17.5. The summed E-state index contributed by atoms with van der Waals surface area (Å²) in [6.07, 6.45) is -3.45. The SMILES string of the molecule is CC(C)(C)OC(=O)N1CCC(c2ccc(Nc3ncc(C(F)(F)F)c(Cl)n3)cc2)C1. The third kappa shape index (κ3) is 5.53. The monoisotopic (exact) mass is 442 g/mol. The molecule has 6 nitrogen and oxygen atoms in total. The van der Waals surface area contributed by atoms with Crippen molar-refractivity contribution in [2.24, 2.45) is 0 Å². The van der Waals surface area contributed by atoms with Gasteiger partial charge in [0.15, 0.2) is 0 Å². The highest BCUT2D eigenvalue weighted by molar-refractivity contribution is 6.30. The quantitative estimate of drug-likeness (QED) is 0.625. The Bertz CT molecular complexity index is 914. The van der Waals surface area contributed by atoms with Crippen LogP contribution in [0.15, 0.2) is 30.5 Å². The lowest BCUT2D eigenvalue weighted by Crippen LogP contribution is -2.35. The van der Waals surface area contributed by atoms with Crippen molar-refractivity contribution in [1.29, 1.82) is 0 Å². The first-order valence-corrected chi connectivity index (χ1v) is 9.75. The van der Waals surface area contributed by atoms with Crippen LogP contribution in [0.4, 0.5) is 29.6 Å². The molecule has 1 aromatic heterocycles. The zero-order chi connectivity index (χ0) is 22.1. The van der Waals surface area contributed by atoms with Crippen LogP contribution in [0, 0.1) is 0 Å². The number of likely N-dealkylation sites (tertiary alicyclic amines) is 1. The lowest BCUT2D eigenvalue weighted by Gasteiger charge is -2.24. The van der Waals surface area contributed by atoms with Gasteiger partial charge in [-0.1, -0.05) is 23.7 Å². The van der Waals surface area contributed by atoms with E-state index in [1.165, 1.54) is 0 Å². The molecule has 0 saturated carbocycles. The molecule has 2 heterocycles. The van der Waals surface area contributed by atoms with E-state index in [-0.39, 0.29) is 18.0 Å². The Morgan fingerprint density at radius 1 is 1.23 bits per heavy atom. The van der Waals surface area contributed by atoms with E-state index in [0.717, 1.165) is 12.0 Å². The van der Waals surface area contributed by atoms with Crippen molar-refractivity contribution < 1.29 is 22.7 Å². The molecule has 2 aromatic rings. The van der Waals surface area contributed by atoms with Crippen molar-refractivity contribution in [3.05, 3.63) is 46.7 Å². The van der Waals surface area contributed by atoms with Gasteiger partial charge in [-0.15, -0.1) is 0 Å². The van der Waals surface area contributed by atoms with Gasteiger partial charge in [-0.05, 0) is 44.9 Å². The van der Waals surface area contributed by atoms with Crippen LogP contribution in [0.25, 0.3) is 0 Å². The number of rotatable bonds is 3. The maximum atomic E-state index is 12.7. The van der Waals surface area contributed by atoms with Crippen molar-refractivity contribution in [3.8, 4) is 0 Å². The molecule has 0 radical (unpaired) electrons. The van der Waals surface area contributed by atoms with Crippen molar-refractivity contribution in [2.75, 3.05) is 18.4 Å². The molecule has 30 heavy (non-hydrogen) atoms. The van der Waals surface area contributed by atoms with Crippen LogP contribution in [-0.4, -0.2) is 39.7 Å². The van der Waals surface area contributed by atoms with Gasteiger partial charge in [-0.2, -0.15) is 13.2 Å². The number of carbonyl (C=O) groups is 1. The van der Waals surface area contributed by atoms with E-state index < -0.39 is 22.5 Å². The van der Waals surface area contributed by atoms with Gasteiger partial charge in [0.1, 0.15) is 16.3 Å². The van der Waals surface area contributed by atoms with Crippen molar-refractivity contribution in [1.82, 2.24) is 14.9 Å². The van der Waals surface area contributed by atoms with Gasteiger partial charge >= 0.3 is 12.3 Å². The van der Waals surface area contributed by atoms with E-state index in [1.54, 1.807) is 17.0 Å². The summed E-state index contributed by atoms with van der Waals surface area (Å²) >= 11 is 5.62. The third-order valence-electron chi connectivity index (χ3n) is 4.53. The lowest BCUT2D eigenvalue weighted by molar-refractivity contribution is -0.137. The van der Waals surface area contributed by atoms with Crippen LogP contribution in [0.5, 0.6) is 0 Å². The number of alkyl halides is 3. The van der Waals surface area contributed by atoms with Crippen LogP contribution >= 0.6 is 11.6 Å². The number of nitrogens with zero attached hydrogens (tertiary/aromatic N) is 3. The molecule has 162 valence electrons. The number of halogens is 4. The fourth-order valence-corrected chi connectivity index (χ4v) is 3.34. The number of benzene rings is 1. The number of aromatic nitrogens is 2. The molecule has 1 saturated heterocycles. The van der Waals surface area contributed by atoms with Crippen LogP contribution in [0.3, 0.4) is 0 Å². The molecule has 1 aliphatic heterocycles. The molecule has 1 atom stereocenters. The second-order valence-electron chi connectivity index (χ2n) is 8.05. The number of hydrogen-bond acceptors (Lipinski definition) is 5. The minimum atomic E-state index is -4.61. The summed E-state index contributed by atoms with van der Waals surface area (Å²) in [5.41, 5.74) is 0.0431. The van der Waals surface area contributed by atoms with E-state index in [9.17, 15) is 18.0 Å². The van der Waals surface area contributed by atoms with Gasteiger partial charge in [0.05, 0.1) is 0 Å². The third-order valence-corrected chi connectivity index (χ3v) is 4.81. The molecule has 1 fully saturated rings. The molecule has 10 heteroatoms. The van der Waals surface area contributed by atoms with Gasteiger partial charge in [0, 0.05) is 30.9 Å². The number of anilines is 2. The Morgan fingerprint density at radius 2 is 1.90 bits per heavy atom. The molecule has 0 aliphatic carbocycles. The Kier molecular flexibility index (Phi) is 6.12. The topological polar surface area (TPSA) is 67.3 Å². The van der Waals surface area contributed by atoms with Crippen molar-refractivity contribution in [2.45, 2.75) is 44.9 Å². The zero-order valence-electron chi connectivity index (χ0n) is 16.8. The molecule has 1 unspecified atom stereocenters. The number of hydrogen-bond donors (Lipinski definition) is 1. The maximum Gasteiger partial charge on any atom is 0.420 e.